The van der Waals surface area contributed by atoms with Gasteiger partial charge in [0.1, 0.15) is 24.4 Å². The van der Waals surface area contributed by atoms with Gasteiger partial charge in [-0.1, -0.05) is 49.7 Å². The summed E-state index contributed by atoms with van der Waals surface area (Å²) in [5, 5.41) is 0. The third-order valence-corrected chi connectivity index (χ3v) is 7.12. The number of amides is 1. The highest BCUT2D eigenvalue weighted by atomic mass is 19.1. The van der Waals surface area contributed by atoms with E-state index in [9.17, 15) is 4.79 Å². The van der Waals surface area contributed by atoms with Crippen LogP contribution in [0, 0.1) is 12.7 Å². The number of benzene rings is 2. The third kappa shape index (κ3) is 7.35. The standard InChI is InChI=1S/C30H36FN5O5/c1-3-4-16-38-26-11-10-24(27(31)17-26)18-36(19-25-21-39-22(2)32-25)28-33-30(41-34-28)12-14-35(15-13-30)29(37)40-20-23-8-6-5-7-9-23/h5-11,17,21H,3-4,12-16,18-20H2,1-2H3,(H,33,34). The van der Waals surface area contributed by atoms with Crippen molar-refractivity contribution in [1.29, 1.82) is 0 Å². The topological polar surface area (TPSA) is 102 Å². The van der Waals surface area contributed by atoms with Gasteiger partial charge in [-0.25, -0.2) is 29.5 Å². The molecular weight excluding hydrogens is 529 g/mol. The number of nitrogens with zero attached hydrogens (tertiary/aromatic N) is 4. The van der Waals surface area contributed by atoms with E-state index in [4.69, 9.17) is 23.7 Å². The van der Waals surface area contributed by atoms with Gasteiger partial charge in [-0.15, -0.1) is 0 Å². The number of rotatable bonds is 10. The minimum absolute atomic E-state index is 0.218. The van der Waals surface area contributed by atoms with Gasteiger partial charge < -0.3 is 23.7 Å². The minimum atomic E-state index is -0.834. The monoisotopic (exact) mass is 565 g/mol. The van der Waals surface area contributed by atoms with Crippen molar-refractivity contribution >= 4 is 12.1 Å². The number of halogens is 1. The molecule has 1 fully saturated rings. The second kappa shape index (κ2) is 13.0. The van der Waals surface area contributed by atoms with E-state index in [1.54, 1.807) is 30.2 Å². The van der Waals surface area contributed by atoms with Crippen LogP contribution >= 0.6 is 0 Å². The number of piperidine rings is 1. The van der Waals surface area contributed by atoms with Crippen LogP contribution in [0.5, 0.6) is 5.75 Å². The second-order valence-corrected chi connectivity index (χ2v) is 10.3. The van der Waals surface area contributed by atoms with Gasteiger partial charge in [-0.05, 0) is 18.1 Å². The number of aliphatic imine (C=N–C) groups is 1. The molecule has 1 aromatic heterocycles. The van der Waals surface area contributed by atoms with Crippen molar-refractivity contribution in [2.75, 3.05) is 19.7 Å². The lowest BCUT2D eigenvalue weighted by Crippen LogP contribution is -2.46. The number of aryl methyl sites for hydroxylation is 1. The molecule has 0 atom stereocenters. The van der Waals surface area contributed by atoms with Gasteiger partial charge in [0.2, 0.25) is 5.96 Å². The number of oxazole rings is 1. The molecule has 0 aliphatic carbocycles. The average molecular weight is 566 g/mol. The first-order chi connectivity index (χ1) is 19.9. The lowest BCUT2D eigenvalue weighted by Gasteiger charge is -2.34. The van der Waals surface area contributed by atoms with Gasteiger partial charge in [0, 0.05) is 51.0 Å². The molecule has 1 amide bonds. The quantitative estimate of drug-likeness (QED) is 0.330. The first kappa shape index (κ1) is 28.4. The molecule has 1 N–H and O–H groups in total. The number of ether oxygens (including phenoxy) is 2. The van der Waals surface area contributed by atoms with Crippen LogP contribution in [0.2, 0.25) is 0 Å². The Bertz CT molecular complexity index is 1340. The zero-order valence-electron chi connectivity index (χ0n) is 23.5. The summed E-state index contributed by atoms with van der Waals surface area (Å²) in [7, 11) is 0. The highest BCUT2D eigenvalue weighted by Crippen LogP contribution is 2.32. The largest absolute Gasteiger partial charge is 0.493 e. The number of hydrogen-bond donors (Lipinski definition) is 1. The minimum Gasteiger partial charge on any atom is -0.493 e. The maximum Gasteiger partial charge on any atom is 0.410 e. The Labute approximate surface area is 239 Å². The summed E-state index contributed by atoms with van der Waals surface area (Å²) in [5.41, 5.74) is 4.22. The van der Waals surface area contributed by atoms with Crippen LogP contribution in [-0.2, 0) is 29.3 Å². The van der Waals surface area contributed by atoms with Crippen molar-refractivity contribution in [1.82, 2.24) is 20.3 Å². The summed E-state index contributed by atoms with van der Waals surface area (Å²) >= 11 is 0. The van der Waals surface area contributed by atoms with E-state index >= 15 is 4.39 Å². The molecule has 0 saturated carbocycles. The molecule has 218 valence electrons. The number of unbranched alkanes of at least 4 members (excludes halogenated alkanes) is 1. The Morgan fingerprint density at radius 1 is 1.17 bits per heavy atom. The zero-order chi connectivity index (χ0) is 28.7. The van der Waals surface area contributed by atoms with Crippen LogP contribution in [-0.4, -0.2) is 52.3 Å². The Morgan fingerprint density at radius 3 is 2.68 bits per heavy atom. The highest BCUT2D eigenvalue weighted by Gasteiger charge is 2.42. The number of hydroxylamine groups is 1. The molecule has 2 aromatic carbocycles. The third-order valence-electron chi connectivity index (χ3n) is 7.12. The Morgan fingerprint density at radius 2 is 1.98 bits per heavy atom. The van der Waals surface area contributed by atoms with Crippen molar-refractivity contribution in [3.63, 3.8) is 0 Å². The Balaban J connectivity index is 1.24. The predicted octanol–water partition coefficient (Wildman–Crippen LogP) is 5.32. The Hall–Kier alpha value is -4.12. The van der Waals surface area contributed by atoms with Crippen molar-refractivity contribution in [3.05, 3.63) is 83.3 Å². The molecule has 3 aromatic rings. The fourth-order valence-electron chi connectivity index (χ4n) is 4.75. The average Bonchev–Trinajstić information content (AvgIpc) is 3.59. The van der Waals surface area contributed by atoms with Gasteiger partial charge in [0.05, 0.1) is 18.8 Å². The summed E-state index contributed by atoms with van der Waals surface area (Å²) in [5.74, 6) is 1.15. The summed E-state index contributed by atoms with van der Waals surface area (Å²) in [6, 6.07) is 14.5. The molecule has 41 heavy (non-hydrogen) atoms. The molecule has 10 nitrogen and oxygen atoms in total. The van der Waals surface area contributed by atoms with E-state index in [0.29, 0.717) is 67.9 Å². The van der Waals surface area contributed by atoms with Gasteiger partial charge in [-0.2, -0.15) is 0 Å². The molecular formula is C30H36FN5O5. The van der Waals surface area contributed by atoms with Crippen LogP contribution in [0.4, 0.5) is 9.18 Å². The second-order valence-electron chi connectivity index (χ2n) is 10.3. The van der Waals surface area contributed by atoms with Crippen LogP contribution in [0.15, 0.2) is 64.2 Å². The van der Waals surface area contributed by atoms with E-state index in [2.05, 4.69) is 17.4 Å². The first-order valence-electron chi connectivity index (χ1n) is 14.0. The molecule has 2 aliphatic heterocycles. The van der Waals surface area contributed by atoms with Gasteiger partial charge in [-0.3, -0.25) is 0 Å². The van der Waals surface area contributed by atoms with Crippen LogP contribution in [0.25, 0.3) is 0 Å². The van der Waals surface area contributed by atoms with Gasteiger partial charge in [0.15, 0.2) is 11.6 Å². The summed E-state index contributed by atoms with van der Waals surface area (Å²) in [4.78, 5) is 31.4. The van der Waals surface area contributed by atoms with Crippen molar-refractivity contribution < 1.29 is 27.9 Å². The van der Waals surface area contributed by atoms with Crippen molar-refractivity contribution in [3.8, 4) is 5.75 Å². The van der Waals surface area contributed by atoms with E-state index in [-0.39, 0.29) is 25.1 Å². The lowest BCUT2D eigenvalue weighted by molar-refractivity contribution is -0.0881. The first-order valence-corrected chi connectivity index (χ1v) is 14.0. The van der Waals surface area contributed by atoms with E-state index in [0.717, 1.165) is 18.4 Å². The normalized spacial score (nSPS) is 15.9. The molecule has 0 radical (unpaired) electrons. The number of carbonyl (C=O) groups is 1. The summed E-state index contributed by atoms with van der Waals surface area (Å²) in [6.07, 6.45) is 4.10. The summed E-state index contributed by atoms with van der Waals surface area (Å²) < 4.78 is 31.6. The number of carbonyl (C=O) groups excluding carboxylic acids is 1. The molecule has 5 rings (SSSR count). The van der Waals surface area contributed by atoms with Crippen LogP contribution < -0.4 is 10.2 Å². The Kier molecular flexibility index (Phi) is 9.03. The number of aromatic nitrogens is 1. The smallest absolute Gasteiger partial charge is 0.410 e. The number of likely N-dealkylation sites (tertiary alicyclic amines) is 1. The SMILES string of the molecule is CCCCOc1ccc(CN(Cc2coc(C)n2)C2=NC3(CCN(C(=O)OCc4ccccc4)CC3)ON2)c(F)c1. The van der Waals surface area contributed by atoms with Gasteiger partial charge >= 0.3 is 6.09 Å². The number of hydrogen-bond acceptors (Lipinski definition) is 9. The molecule has 3 heterocycles. The van der Waals surface area contributed by atoms with E-state index < -0.39 is 5.72 Å². The number of guanidine groups is 1. The molecule has 2 aliphatic rings. The maximum absolute atomic E-state index is 15.1. The fourth-order valence-corrected chi connectivity index (χ4v) is 4.75. The van der Waals surface area contributed by atoms with Crippen molar-refractivity contribution in [2.45, 2.75) is 65.0 Å². The molecule has 1 saturated heterocycles. The lowest BCUT2D eigenvalue weighted by atomic mass is 10.0. The zero-order valence-corrected chi connectivity index (χ0v) is 23.5. The van der Waals surface area contributed by atoms with Crippen LogP contribution in [0.1, 0.15) is 55.3 Å². The maximum atomic E-state index is 15.1. The molecule has 0 unspecified atom stereocenters. The van der Waals surface area contributed by atoms with Crippen molar-refractivity contribution in [2.24, 2.45) is 4.99 Å². The molecule has 11 heteroatoms. The molecule has 1 spiro atoms. The van der Waals surface area contributed by atoms with Crippen LogP contribution in [0.3, 0.4) is 0 Å². The van der Waals surface area contributed by atoms with Gasteiger partial charge in [0.25, 0.3) is 0 Å². The van der Waals surface area contributed by atoms with E-state index in [1.165, 1.54) is 6.07 Å². The predicted molar refractivity (Wildman–Crippen MR) is 149 cm³/mol. The molecule has 0 bridgehead atoms. The number of nitrogens with one attached hydrogen (secondary N) is 1. The fraction of sp³-hybridized carbons (Fsp3) is 0.433. The van der Waals surface area contributed by atoms with E-state index in [1.807, 2.05) is 35.2 Å². The highest BCUT2D eigenvalue weighted by molar-refractivity contribution is 5.80. The summed E-state index contributed by atoms with van der Waals surface area (Å²) in [6.45, 7) is 6.04.